The van der Waals surface area contributed by atoms with Gasteiger partial charge in [-0.3, -0.25) is 0 Å². The summed E-state index contributed by atoms with van der Waals surface area (Å²) < 4.78 is 10.6. The smallest absolute Gasteiger partial charge is 0.222 e. The Labute approximate surface area is 138 Å². The number of anilines is 3. The Balaban J connectivity index is 1.86. The molecule has 1 aromatic carbocycles. The summed E-state index contributed by atoms with van der Waals surface area (Å²) in [6.07, 6.45) is 0. The van der Waals surface area contributed by atoms with E-state index in [0.29, 0.717) is 23.3 Å². The molecule has 8 nitrogen and oxygen atoms in total. The van der Waals surface area contributed by atoms with Crippen molar-refractivity contribution in [3.8, 4) is 11.5 Å². The Bertz CT molecular complexity index is 884. The number of aromatic nitrogens is 3. The second-order valence-corrected chi connectivity index (χ2v) is 5.06. The summed E-state index contributed by atoms with van der Waals surface area (Å²) >= 11 is 0. The average molecular weight is 326 g/mol. The maximum Gasteiger partial charge on any atom is 0.222 e. The van der Waals surface area contributed by atoms with Gasteiger partial charge in [0.15, 0.2) is 5.82 Å². The van der Waals surface area contributed by atoms with E-state index >= 15 is 0 Å². The maximum atomic E-state index is 5.87. The molecule has 0 aliphatic heterocycles. The molecule has 24 heavy (non-hydrogen) atoms. The van der Waals surface area contributed by atoms with Gasteiger partial charge in [0.2, 0.25) is 5.95 Å². The van der Waals surface area contributed by atoms with Crippen LogP contribution < -0.4 is 26.3 Å². The lowest BCUT2D eigenvalue weighted by Gasteiger charge is -2.12. The zero-order valence-electron chi connectivity index (χ0n) is 13.4. The van der Waals surface area contributed by atoms with Gasteiger partial charge in [0.1, 0.15) is 17.0 Å². The van der Waals surface area contributed by atoms with Gasteiger partial charge in [-0.2, -0.15) is 4.98 Å². The number of nitrogen functional groups attached to an aromatic ring is 2. The molecule has 0 bridgehead atoms. The maximum absolute atomic E-state index is 5.87. The lowest BCUT2D eigenvalue weighted by molar-refractivity contribution is 0.404. The molecule has 124 valence electrons. The van der Waals surface area contributed by atoms with Gasteiger partial charge in [-0.25, -0.2) is 9.97 Å². The number of hydrogen-bond donors (Lipinski definition) is 3. The van der Waals surface area contributed by atoms with Gasteiger partial charge in [0.25, 0.3) is 0 Å². The van der Waals surface area contributed by atoms with Crippen LogP contribution in [0.5, 0.6) is 11.5 Å². The van der Waals surface area contributed by atoms with Gasteiger partial charge in [0.05, 0.1) is 37.7 Å². The van der Waals surface area contributed by atoms with E-state index in [2.05, 4.69) is 20.3 Å². The molecule has 0 aliphatic rings. The second-order valence-electron chi connectivity index (χ2n) is 5.06. The number of ether oxygens (including phenoxy) is 2. The molecule has 0 saturated carbocycles. The Morgan fingerprint density at radius 3 is 2.58 bits per heavy atom. The average Bonchev–Trinajstić information content (AvgIpc) is 2.59. The molecule has 0 saturated heterocycles. The van der Waals surface area contributed by atoms with Crippen molar-refractivity contribution in [1.29, 1.82) is 0 Å². The van der Waals surface area contributed by atoms with Crippen LogP contribution in [-0.2, 0) is 6.54 Å². The van der Waals surface area contributed by atoms with Crippen LogP contribution in [0, 0.1) is 0 Å². The molecular weight excluding hydrogens is 308 g/mol. The van der Waals surface area contributed by atoms with E-state index < -0.39 is 0 Å². The zero-order valence-corrected chi connectivity index (χ0v) is 13.4. The van der Waals surface area contributed by atoms with Crippen molar-refractivity contribution in [3.63, 3.8) is 0 Å². The topological polar surface area (TPSA) is 121 Å². The SMILES string of the molecule is COc1ccc(OC)c(NCc2ccc3nc(N)nc(N)c3n2)c1. The van der Waals surface area contributed by atoms with Gasteiger partial charge in [-0.15, -0.1) is 0 Å². The van der Waals surface area contributed by atoms with Gasteiger partial charge in [-0.05, 0) is 24.3 Å². The number of methoxy groups -OCH3 is 2. The number of fused-ring (bicyclic) bond motifs is 1. The van der Waals surface area contributed by atoms with E-state index in [9.17, 15) is 0 Å². The molecule has 5 N–H and O–H groups in total. The second kappa shape index (κ2) is 6.45. The Morgan fingerprint density at radius 2 is 1.83 bits per heavy atom. The van der Waals surface area contributed by atoms with Crippen LogP contribution >= 0.6 is 0 Å². The first-order chi connectivity index (χ1) is 11.6. The van der Waals surface area contributed by atoms with Crippen molar-refractivity contribution in [2.45, 2.75) is 6.54 Å². The fraction of sp³-hybridized carbons (Fsp3) is 0.188. The molecule has 3 rings (SSSR count). The third-order valence-corrected chi connectivity index (χ3v) is 3.51. The summed E-state index contributed by atoms with van der Waals surface area (Å²) in [5.41, 5.74) is 14.2. The molecule has 0 amide bonds. The molecule has 0 atom stereocenters. The highest BCUT2D eigenvalue weighted by molar-refractivity contribution is 5.84. The van der Waals surface area contributed by atoms with Crippen molar-refractivity contribution in [2.24, 2.45) is 0 Å². The van der Waals surface area contributed by atoms with Crippen LogP contribution in [0.4, 0.5) is 17.5 Å². The Kier molecular flexibility index (Phi) is 4.19. The van der Waals surface area contributed by atoms with Gasteiger partial charge < -0.3 is 26.3 Å². The zero-order chi connectivity index (χ0) is 17.1. The highest BCUT2D eigenvalue weighted by Gasteiger charge is 2.08. The van der Waals surface area contributed by atoms with Crippen LogP contribution in [0.25, 0.3) is 11.0 Å². The minimum absolute atomic E-state index is 0.133. The number of nitrogens with two attached hydrogens (primary N) is 2. The Morgan fingerprint density at radius 1 is 1.00 bits per heavy atom. The number of nitrogens with zero attached hydrogens (tertiary/aromatic N) is 3. The normalized spacial score (nSPS) is 10.6. The summed E-state index contributed by atoms with van der Waals surface area (Å²) in [7, 11) is 3.23. The standard InChI is InChI=1S/C16H18N6O2/c1-23-10-4-6-13(24-2)12(7-10)19-8-9-3-5-11-14(20-9)15(17)22-16(18)21-11/h3-7,19H,8H2,1-2H3,(H4,17,18,21,22). The number of hydrogen-bond acceptors (Lipinski definition) is 8. The number of pyridine rings is 1. The van der Waals surface area contributed by atoms with E-state index in [4.69, 9.17) is 20.9 Å². The first-order valence-corrected chi connectivity index (χ1v) is 7.25. The summed E-state index contributed by atoms with van der Waals surface area (Å²) in [4.78, 5) is 12.5. The van der Waals surface area contributed by atoms with Crippen molar-refractivity contribution in [1.82, 2.24) is 15.0 Å². The quantitative estimate of drug-likeness (QED) is 0.649. The predicted molar refractivity (Wildman–Crippen MR) is 93.0 cm³/mol. The fourth-order valence-corrected chi connectivity index (χ4v) is 2.33. The van der Waals surface area contributed by atoms with Gasteiger partial charge in [-0.1, -0.05) is 0 Å². The van der Waals surface area contributed by atoms with Crippen LogP contribution in [0.3, 0.4) is 0 Å². The van der Waals surface area contributed by atoms with Crippen LogP contribution in [0.15, 0.2) is 30.3 Å². The molecule has 0 fully saturated rings. The minimum Gasteiger partial charge on any atom is -0.497 e. The molecule has 2 aromatic heterocycles. The van der Waals surface area contributed by atoms with Crippen molar-refractivity contribution in [3.05, 3.63) is 36.0 Å². The number of nitrogens with one attached hydrogen (secondary N) is 1. The first-order valence-electron chi connectivity index (χ1n) is 7.25. The molecule has 0 unspecified atom stereocenters. The van der Waals surface area contributed by atoms with E-state index in [1.54, 1.807) is 14.2 Å². The van der Waals surface area contributed by atoms with E-state index in [1.807, 2.05) is 30.3 Å². The van der Waals surface area contributed by atoms with E-state index in [-0.39, 0.29) is 11.8 Å². The third-order valence-electron chi connectivity index (χ3n) is 3.51. The number of benzene rings is 1. The summed E-state index contributed by atoms with van der Waals surface area (Å²) in [5, 5.41) is 3.28. The van der Waals surface area contributed by atoms with E-state index in [0.717, 1.165) is 17.1 Å². The fourth-order valence-electron chi connectivity index (χ4n) is 2.33. The number of rotatable bonds is 5. The summed E-state index contributed by atoms with van der Waals surface area (Å²) in [6, 6.07) is 9.20. The molecule has 3 aromatic rings. The molecule has 0 aliphatic carbocycles. The third kappa shape index (κ3) is 3.07. The summed E-state index contributed by atoms with van der Waals surface area (Å²) in [6.45, 7) is 0.475. The molecule has 0 radical (unpaired) electrons. The van der Waals surface area contributed by atoms with E-state index in [1.165, 1.54) is 0 Å². The lowest BCUT2D eigenvalue weighted by Crippen LogP contribution is -2.06. The lowest BCUT2D eigenvalue weighted by atomic mass is 10.2. The largest absolute Gasteiger partial charge is 0.497 e. The minimum atomic E-state index is 0.133. The van der Waals surface area contributed by atoms with Crippen LogP contribution in [0.2, 0.25) is 0 Å². The Hall–Kier alpha value is -3.29. The molecule has 2 heterocycles. The van der Waals surface area contributed by atoms with Gasteiger partial charge >= 0.3 is 0 Å². The molecule has 8 heteroatoms. The highest BCUT2D eigenvalue weighted by atomic mass is 16.5. The van der Waals surface area contributed by atoms with Crippen LogP contribution in [0.1, 0.15) is 5.69 Å². The first kappa shape index (κ1) is 15.6. The van der Waals surface area contributed by atoms with Crippen molar-refractivity contribution < 1.29 is 9.47 Å². The predicted octanol–water partition coefficient (Wildman–Crippen LogP) is 1.82. The van der Waals surface area contributed by atoms with Crippen LogP contribution in [-0.4, -0.2) is 29.2 Å². The van der Waals surface area contributed by atoms with Gasteiger partial charge in [0, 0.05) is 6.07 Å². The monoisotopic (exact) mass is 326 g/mol. The highest BCUT2D eigenvalue weighted by Crippen LogP contribution is 2.29. The van der Waals surface area contributed by atoms with Crippen molar-refractivity contribution in [2.75, 3.05) is 31.0 Å². The molecule has 0 spiro atoms. The van der Waals surface area contributed by atoms with Crippen molar-refractivity contribution >= 4 is 28.5 Å². The molecular formula is C16H18N6O2. The summed E-state index contributed by atoms with van der Waals surface area (Å²) in [5.74, 6) is 1.84.